The molecule has 2 aliphatic heterocycles. The van der Waals surface area contributed by atoms with E-state index in [-0.39, 0.29) is 30.8 Å². The number of carbonyl (C=O) groups excluding carboxylic acids is 1. The zero-order valence-electron chi connectivity index (χ0n) is 17.0. The van der Waals surface area contributed by atoms with Crippen LogP contribution in [0, 0.1) is 5.92 Å². The summed E-state index contributed by atoms with van der Waals surface area (Å²) in [6, 6.07) is 6.97. The first-order valence-electron chi connectivity index (χ1n) is 10.7. The molecule has 2 unspecified atom stereocenters. The lowest BCUT2D eigenvalue weighted by Gasteiger charge is -2.37. The van der Waals surface area contributed by atoms with Crippen LogP contribution in [0.4, 0.5) is 35.2 Å². The minimum atomic E-state index is -4.17. The Morgan fingerprint density at radius 1 is 1.16 bits per heavy atom. The Balaban J connectivity index is 1.45. The minimum absolute atomic E-state index is 0.0128. The number of urea groups is 1. The molecule has 31 heavy (non-hydrogen) atoms. The van der Waals surface area contributed by atoms with Crippen LogP contribution in [0.2, 0.25) is 0 Å². The third-order valence-corrected chi connectivity index (χ3v) is 6.66. The van der Waals surface area contributed by atoms with E-state index in [0.29, 0.717) is 30.0 Å². The van der Waals surface area contributed by atoms with E-state index in [0.717, 1.165) is 25.2 Å². The van der Waals surface area contributed by atoms with E-state index >= 15 is 0 Å². The maximum atomic E-state index is 13.3. The van der Waals surface area contributed by atoms with Crippen molar-refractivity contribution in [1.82, 2.24) is 9.97 Å². The smallest absolute Gasteiger partial charge is 0.366 e. The van der Waals surface area contributed by atoms with E-state index in [9.17, 15) is 18.0 Å². The lowest BCUT2D eigenvalue weighted by Crippen LogP contribution is -2.48. The molecule has 9 heteroatoms. The molecule has 1 aliphatic carbocycles. The zero-order valence-corrected chi connectivity index (χ0v) is 17.0. The average Bonchev–Trinajstić information content (AvgIpc) is 3.18. The molecule has 0 aromatic carbocycles. The monoisotopic (exact) mass is 431 g/mol. The summed E-state index contributed by atoms with van der Waals surface area (Å²) in [5.74, 6) is -0.987. The molecule has 4 heterocycles. The molecule has 3 atom stereocenters. The normalized spacial score (nSPS) is 25.3. The van der Waals surface area contributed by atoms with Gasteiger partial charge in [-0.3, -0.25) is 9.88 Å². The van der Waals surface area contributed by atoms with Crippen LogP contribution in [0.25, 0.3) is 0 Å². The van der Waals surface area contributed by atoms with Crippen molar-refractivity contribution in [3.63, 3.8) is 0 Å². The van der Waals surface area contributed by atoms with Gasteiger partial charge in [-0.25, -0.2) is 9.78 Å². The second kappa shape index (κ2) is 7.69. The Morgan fingerprint density at radius 3 is 2.81 bits per heavy atom. The first kappa shape index (κ1) is 20.1. The van der Waals surface area contributed by atoms with Gasteiger partial charge in [0.1, 0.15) is 0 Å². The molecule has 1 N–H and O–H groups in total. The molecular formula is C22H24F3N5O. The minimum Gasteiger partial charge on any atom is -0.366 e. The van der Waals surface area contributed by atoms with Gasteiger partial charge in [-0.05, 0) is 49.9 Å². The van der Waals surface area contributed by atoms with Gasteiger partial charge in [-0.15, -0.1) is 0 Å². The quantitative estimate of drug-likeness (QED) is 0.732. The molecular weight excluding hydrogens is 407 g/mol. The Labute approximate surface area is 178 Å². The lowest BCUT2D eigenvalue weighted by atomic mass is 9.79. The predicted octanol–water partition coefficient (Wildman–Crippen LogP) is 4.94. The summed E-state index contributed by atoms with van der Waals surface area (Å²) in [7, 11) is 0. The van der Waals surface area contributed by atoms with Crippen LogP contribution in [0.15, 0.2) is 36.7 Å². The SMILES string of the molecule is O=C(Nc1cccnc1)N1c2nc(C3CCCC(C(F)(F)F)C3)ccc2N2CC[C@H]1C2. The van der Waals surface area contributed by atoms with E-state index in [2.05, 4.69) is 15.2 Å². The molecule has 1 saturated heterocycles. The van der Waals surface area contributed by atoms with Crippen molar-refractivity contribution in [2.75, 3.05) is 28.2 Å². The van der Waals surface area contributed by atoms with Crippen LogP contribution < -0.4 is 15.1 Å². The number of carbonyl (C=O) groups is 1. The van der Waals surface area contributed by atoms with Gasteiger partial charge in [0.05, 0.1) is 29.5 Å². The zero-order chi connectivity index (χ0) is 21.6. The molecule has 2 aromatic heterocycles. The molecule has 0 spiro atoms. The number of aromatic nitrogens is 2. The molecule has 5 rings (SSSR count). The van der Waals surface area contributed by atoms with Gasteiger partial charge >= 0.3 is 12.2 Å². The van der Waals surface area contributed by atoms with Gasteiger partial charge in [0.15, 0.2) is 5.82 Å². The predicted molar refractivity (Wildman–Crippen MR) is 111 cm³/mol. The van der Waals surface area contributed by atoms with Crippen LogP contribution in [0.3, 0.4) is 0 Å². The second-order valence-electron chi connectivity index (χ2n) is 8.61. The number of fused-ring (bicyclic) bond motifs is 4. The van der Waals surface area contributed by atoms with E-state index in [1.54, 1.807) is 29.4 Å². The van der Waals surface area contributed by atoms with Crippen LogP contribution in [-0.2, 0) is 0 Å². The molecule has 164 valence electrons. The summed E-state index contributed by atoms with van der Waals surface area (Å²) in [5.41, 5.74) is 2.10. The van der Waals surface area contributed by atoms with Crippen LogP contribution in [0.1, 0.15) is 43.7 Å². The summed E-state index contributed by atoms with van der Waals surface area (Å²) < 4.78 is 39.9. The van der Waals surface area contributed by atoms with Crippen molar-refractivity contribution in [3.05, 3.63) is 42.4 Å². The molecule has 0 radical (unpaired) electrons. The van der Waals surface area contributed by atoms with Crippen LogP contribution >= 0.6 is 0 Å². The first-order valence-corrected chi connectivity index (χ1v) is 10.7. The number of pyridine rings is 2. The largest absolute Gasteiger partial charge is 0.391 e. The van der Waals surface area contributed by atoms with Crippen molar-refractivity contribution in [1.29, 1.82) is 0 Å². The Hall–Kier alpha value is -2.84. The van der Waals surface area contributed by atoms with Gasteiger partial charge < -0.3 is 10.2 Å². The highest BCUT2D eigenvalue weighted by atomic mass is 19.4. The highest BCUT2D eigenvalue weighted by Gasteiger charge is 2.44. The van der Waals surface area contributed by atoms with Gasteiger partial charge in [0.25, 0.3) is 0 Å². The van der Waals surface area contributed by atoms with E-state index in [1.165, 1.54) is 0 Å². The van der Waals surface area contributed by atoms with Crippen molar-refractivity contribution < 1.29 is 18.0 Å². The van der Waals surface area contributed by atoms with Crippen molar-refractivity contribution in [3.8, 4) is 0 Å². The number of rotatable bonds is 2. The van der Waals surface area contributed by atoms with E-state index < -0.39 is 12.1 Å². The Kier molecular flexibility index (Phi) is 4.98. The molecule has 3 aliphatic rings. The Bertz CT molecular complexity index is 967. The van der Waals surface area contributed by atoms with Crippen molar-refractivity contribution in [2.24, 2.45) is 5.92 Å². The van der Waals surface area contributed by atoms with Gasteiger partial charge in [0.2, 0.25) is 0 Å². The molecule has 2 fully saturated rings. The number of halogens is 3. The molecule has 2 bridgehead atoms. The van der Waals surface area contributed by atoms with Gasteiger partial charge in [-0.1, -0.05) is 6.42 Å². The van der Waals surface area contributed by atoms with Gasteiger partial charge in [0, 0.05) is 30.9 Å². The fourth-order valence-electron chi connectivity index (χ4n) is 5.09. The number of alkyl halides is 3. The molecule has 2 amide bonds. The lowest BCUT2D eigenvalue weighted by molar-refractivity contribution is -0.183. The standard InChI is InChI=1S/C22H24F3N5O/c23-22(24,25)15-4-1-3-14(11-15)18-6-7-19-20(28-18)30(17-8-10-29(19)13-17)21(31)27-16-5-2-9-26-12-16/h2,5-7,9,12,14-15,17H,1,3-4,8,10-11,13H2,(H,27,31)/t14?,15?,17-/m0/s1. The summed E-state index contributed by atoms with van der Waals surface area (Å²) in [6.07, 6.45) is 1.32. The number of nitrogens with zero attached hydrogens (tertiary/aromatic N) is 4. The number of hydrogen-bond acceptors (Lipinski definition) is 4. The molecule has 1 saturated carbocycles. The Morgan fingerprint density at radius 2 is 2.03 bits per heavy atom. The summed E-state index contributed by atoms with van der Waals surface area (Å²) >= 11 is 0. The number of anilines is 3. The highest BCUT2D eigenvalue weighted by Crippen LogP contribution is 2.45. The number of amides is 2. The fourth-order valence-corrected chi connectivity index (χ4v) is 5.09. The van der Waals surface area contributed by atoms with E-state index in [4.69, 9.17) is 4.98 Å². The van der Waals surface area contributed by atoms with Gasteiger partial charge in [-0.2, -0.15) is 13.2 Å². The van der Waals surface area contributed by atoms with Crippen molar-refractivity contribution in [2.45, 2.75) is 50.2 Å². The summed E-state index contributed by atoms with van der Waals surface area (Å²) in [6.45, 7) is 1.56. The number of nitrogens with one attached hydrogen (secondary N) is 1. The topological polar surface area (TPSA) is 61.4 Å². The summed E-state index contributed by atoms with van der Waals surface area (Å²) in [5, 5.41) is 2.88. The molecule has 2 aromatic rings. The maximum Gasteiger partial charge on any atom is 0.391 e. The summed E-state index contributed by atoms with van der Waals surface area (Å²) in [4.78, 5) is 25.9. The van der Waals surface area contributed by atoms with Crippen LogP contribution in [-0.4, -0.2) is 41.3 Å². The third-order valence-electron chi connectivity index (χ3n) is 6.66. The highest BCUT2D eigenvalue weighted by molar-refractivity contribution is 6.04. The first-order chi connectivity index (χ1) is 14.9. The molecule has 6 nitrogen and oxygen atoms in total. The third kappa shape index (κ3) is 3.81. The van der Waals surface area contributed by atoms with E-state index in [1.807, 2.05) is 12.1 Å². The maximum absolute atomic E-state index is 13.3. The van der Waals surface area contributed by atoms with Crippen LogP contribution in [0.5, 0.6) is 0 Å². The fraction of sp³-hybridized carbons (Fsp3) is 0.500. The second-order valence-corrected chi connectivity index (χ2v) is 8.61. The average molecular weight is 431 g/mol. The van der Waals surface area contributed by atoms with Crippen molar-refractivity contribution >= 4 is 23.2 Å². The number of hydrogen-bond donors (Lipinski definition) is 1.